The number of amides is 1. The predicted octanol–water partition coefficient (Wildman–Crippen LogP) is 3.47. The van der Waals surface area contributed by atoms with Crippen LogP contribution in [0, 0.1) is 5.92 Å². The number of hydrogen-bond donors (Lipinski definition) is 1. The van der Waals surface area contributed by atoms with Gasteiger partial charge in [0.25, 0.3) is 0 Å². The standard InChI is InChI=1S/C18H19N3O2/c22-12-13-6-8-14(9-7-13)16-10-19-18(20-11-16)21-17(23)15-4-2-1-3-5-15/h6-12,15H,1-5H2,(H,19,20,21,23). The van der Waals surface area contributed by atoms with Crippen LogP contribution in [0.3, 0.4) is 0 Å². The molecule has 3 rings (SSSR count). The first-order valence-electron chi connectivity index (χ1n) is 7.95. The molecule has 1 heterocycles. The van der Waals surface area contributed by atoms with Gasteiger partial charge in [0.2, 0.25) is 11.9 Å². The van der Waals surface area contributed by atoms with Crippen LogP contribution in [0.2, 0.25) is 0 Å². The van der Waals surface area contributed by atoms with Gasteiger partial charge in [-0.15, -0.1) is 0 Å². The molecular weight excluding hydrogens is 290 g/mol. The molecule has 0 radical (unpaired) electrons. The van der Waals surface area contributed by atoms with Crippen LogP contribution in [-0.4, -0.2) is 22.2 Å². The summed E-state index contributed by atoms with van der Waals surface area (Å²) in [7, 11) is 0. The van der Waals surface area contributed by atoms with E-state index in [2.05, 4.69) is 15.3 Å². The number of hydrogen-bond acceptors (Lipinski definition) is 4. The second-order valence-electron chi connectivity index (χ2n) is 5.86. The Morgan fingerprint density at radius 1 is 1.00 bits per heavy atom. The van der Waals surface area contributed by atoms with Crippen LogP contribution in [0.1, 0.15) is 42.5 Å². The highest BCUT2D eigenvalue weighted by Crippen LogP contribution is 2.24. The van der Waals surface area contributed by atoms with Gasteiger partial charge >= 0.3 is 0 Å². The lowest BCUT2D eigenvalue weighted by Crippen LogP contribution is -2.25. The summed E-state index contributed by atoms with van der Waals surface area (Å²) in [5, 5.41) is 2.80. The van der Waals surface area contributed by atoms with Gasteiger partial charge in [-0.1, -0.05) is 43.5 Å². The molecule has 1 aromatic carbocycles. The number of benzene rings is 1. The fourth-order valence-corrected chi connectivity index (χ4v) is 2.87. The Balaban J connectivity index is 1.66. The number of carbonyl (C=O) groups excluding carboxylic acids is 2. The van der Waals surface area contributed by atoms with Gasteiger partial charge in [0.1, 0.15) is 6.29 Å². The van der Waals surface area contributed by atoms with Gasteiger partial charge in [-0.2, -0.15) is 0 Å². The van der Waals surface area contributed by atoms with Crippen LogP contribution in [0.15, 0.2) is 36.7 Å². The second kappa shape index (κ2) is 7.13. The van der Waals surface area contributed by atoms with Crippen molar-refractivity contribution in [3.63, 3.8) is 0 Å². The molecule has 1 aromatic heterocycles. The molecule has 2 aromatic rings. The summed E-state index contributed by atoms with van der Waals surface area (Å²) in [6, 6.07) is 7.20. The Bertz CT molecular complexity index is 674. The minimum Gasteiger partial charge on any atom is -0.298 e. The zero-order valence-electron chi connectivity index (χ0n) is 12.9. The van der Waals surface area contributed by atoms with Crippen molar-refractivity contribution in [1.29, 1.82) is 0 Å². The van der Waals surface area contributed by atoms with Crippen LogP contribution >= 0.6 is 0 Å². The largest absolute Gasteiger partial charge is 0.298 e. The third-order valence-electron chi connectivity index (χ3n) is 4.24. The van der Waals surface area contributed by atoms with Gasteiger partial charge in [-0.05, 0) is 18.4 Å². The normalized spacial score (nSPS) is 15.1. The van der Waals surface area contributed by atoms with E-state index < -0.39 is 0 Å². The number of rotatable bonds is 4. The Morgan fingerprint density at radius 3 is 2.26 bits per heavy atom. The molecule has 23 heavy (non-hydrogen) atoms. The molecule has 1 saturated carbocycles. The summed E-state index contributed by atoms with van der Waals surface area (Å²) in [5.41, 5.74) is 2.41. The first-order valence-corrected chi connectivity index (χ1v) is 7.95. The maximum absolute atomic E-state index is 12.2. The number of carbonyl (C=O) groups is 2. The van der Waals surface area contributed by atoms with Crippen molar-refractivity contribution in [1.82, 2.24) is 9.97 Å². The molecule has 0 unspecified atom stereocenters. The molecule has 0 spiro atoms. The Labute approximate surface area is 135 Å². The topological polar surface area (TPSA) is 72.0 Å². The first-order chi connectivity index (χ1) is 11.3. The Kier molecular flexibility index (Phi) is 4.76. The minimum atomic E-state index is 0.0211. The zero-order valence-corrected chi connectivity index (χ0v) is 12.9. The molecule has 1 N–H and O–H groups in total. The van der Waals surface area contributed by atoms with Gasteiger partial charge in [-0.25, -0.2) is 9.97 Å². The van der Waals surface area contributed by atoms with Crippen LogP contribution in [0.5, 0.6) is 0 Å². The number of anilines is 1. The number of aromatic nitrogens is 2. The highest BCUT2D eigenvalue weighted by atomic mass is 16.2. The lowest BCUT2D eigenvalue weighted by molar-refractivity contribution is -0.120. The van der Waals surface area contributed by atoms with Crippen molar-refractivity contribution in [2.24, 2.45) is 5.92 Å². The van der Waals surface area contributed by atoms with Gasteiger partial charge < -0.3 is 0 Å². The molecule has 1 fully saturated rings. The molecule has 0 aliphatic heterocycles. The number of nitrogens with one attached hydrogen (secondary N) is 1. The fraction of sp³-hybridized carbons (Fsp3) is 0.333. The maximum Gasteiger partial charge on any atom is 0.229 e. The van der Waals surface area contributed by atoms with E-state index in [0.717, 1.165) is 43.1 Å². The molecule has 5 heteroatoms. The maximum atomic E-state index is 12.2. The van der Waals surface area contributed by atoms with E-state index in [1.165, 1.54) is 6.42 Å². The fourth-order valence-electron chi connectivity index (χ4n) is 2.87. The smallest absolute Gasteiger partial charge is 0.229 e. The first kappa shape index (κ1) is 15.3. The molecule has 118 valence electrons. The molecule has 1 amide bonds. The Hall–Kier alpha value is -2.56. The highest BCUT2D eigenvalue weighted by Gasteiger charge is 2.21. The van der Waals surface area contributed by atoms with E-state index in [1.54, 1.807) is 24.5 Å². The SMILES string of the molecule is O=Cc1ccc(-c2cnc(NC(=O)C3CCCCC3)nc2)cc1. The van der Waals surface area contributed by atoms with E-state index in [1.807, 2.05) is 12.1 Å². The van der Waals surface area contributed by atoms with Crippen molar-refractivity contribution in [3.05, 3.63) is 42.2 Å². The summed E-state index contributed by atoms with van der Waals surface area (Å²) in [6.45, 7) is 0. The van der Waals surface area contributed by atoms with E-state index >= 15 is 0 Å². The van der Waals surface area contributed by atoms with Crippen molar-refractivity contribution < 1.29 is 9.59 Å². The lowest BCUT2D eigenvalue weighted by atomic mass is 9.89. The third kappa shape index (κ3) is 3.80. The Morgan fingerprint density at radius 2 is 1.65 bits per heavy atom. The average molecular weight is 309 g/mol. The average Bonchev–Trinajstić information content (AvgIpc) is 2.63. The highest BCUT2D eigenvalue weighted by molar-refractivity contribution is 5.91. The summed E-state index contributed by atoms with van der Waals surface area (Å²) in [5.74, 6) is 0.449. The van der Waals surface area contributed by atoms with E-state index in [9.17, 15) is 9.59 Å². The van der Waals surface area contributed by atoms with Crippen LogP contribution < -0.4 is 5.32 Å². The monoisotopic (exact) mass is 309 g/mol. The van der Waals surface area contributed by atoms with E-state index in [-0.39, 0.29) is 11.8 Å². The van der Waals surface area contributed by atoms with Gasteiger partial charge in [0.05, 0.1) is 0 Å². The second-order valence-corrected chi connectivity index (χ2v) is 5.86. The van der Waals surface area contributed by atoms with Crippen molar-refractivity contribution in [2.75, 3.05) is 5.32 Å². The molecule has 5 nitrogen and oxygen atoms in total. The number of nitrogens with zero attached hydrogens (tertiary/aromatic N) is 2. The predicted molar refractivity (Wildman–Crippen MR) is 88.1 cm³/mol. The van der Waals surface area contributed by atoms with Gasteiger partial charge in [0, 0.05) is 29.4 Å². The quantitative estimate of drug-likeness (QED) is 0.878. The van der Waals surface area contributed by atoms with Crippen LogP contribution in [0.25, 0.3) is 11.1 Å². The van der Waals surface area contributed by atoms with E-state index in [0.29, 0.717) is 11.5 Å². The van der Waals surface area contributed by atoms with Crippen LogP contribution in [-0.2, 0) is 4.79 Å². The van der Waals surface area contributed by atoms with Crippen LogP contribution in [0.4, 0.5) is 5.95 Å². The molecule has 1 aliphatic carbocycles. The summed E-state index contributed by atoms with van der Waals surface area (Å²) < 4.78 is 0. The van der Waals surface area contributed by atoms with E-state index in [4.69, 9.17) is 0 Å². The van der Waals surface area contributed by atoms with Gasteiger partial charge in [0.15, 0.2) is 0 Å². The number of aldehydes is 1. The zero-order chi connectivity index (χ0) is 16.1. The van der Waals surface area contributed by atoms with Crippen molar-refractivity contribution in [3.8, 4) is 11.1 Å². The van der Waals surface area contributed by atoms with Crippen molar-refractivity contribution >= 4 is 18.1 Å². The van der Waals surface area contributed by atoms with Gasteiger partial charge in [-0.3, -0.25) is 14.9 Å². The molecule has 0 atom stereocenters. The summed E-state index contributed by atoms with van der Waals surface area (Å²) >= 11 is 0. The summed E-state index contributed by atoms with van der Waals surface area (Å²) in [6.07, 6.45) is 9.53. The lowest BCUT2D eigenvalue weighted by Gasteiger charge is -2.20. The van der Waals surface area contributed by atoms with Crippen molar-refractivity contribution in [2.45, 2.75) is 32.1 Å². The molecule has 0 bridgehead atoms. The third-order valence-corrected chi connectivity index (χ3v) is 4.24. The molecule has 0 saturated heterocycles. The molecular formula is C18H19N3O2. The summed E-state index contributed by atoms with van der Waals surface area (Å²) in [4.78, 5) is 31.3. The molecule has 1 aliphatic rings. The minimum absolute atomic E-state index is 0.0211.